The van der Waals surface area contributed by atoms with E-state index in [0.29, 0.717) is 19.5 Å². The third-order valence-corrected chi connectivity index (χ3v) is 7.76. The van der Waals surface area contributed by atoms with Gasteiger partial charge in [-0.1, -0.05) is 30.3 Å². The molecular formula is C17H22N2O4S. The van der Waals surface area contributed by atoms with E-state index in [0.717, 1.165) is 5.56 Å². The minimum atomic E-state index is -3.41. The van der Waals surface area contributed by atoms with E-state index >= 15 is 0 Å². The lowest BCUT2D eigenvalue weighted by atomic mass is 10.1. The first-order valence-electron chi connectivity index (χ1n) is 8.40. The van der Waals surface area contributed by atoms with Crippen molar-refractivity contribution in [2.45, 2.75) is 49.8 Å². The van der Waals surface area contributed by atoms with Crippen LogP contribution in [-0.4, -0.2) is 53.6 Å². The number of carbonyl (C=O) groups excluding carboxylic acids is 1. The SMILES string of the molecule is CC(C)S(=O)(=O)N1CC[C@@]23O[C@@H](c4ccccc4)CN2C(=O)C[C@@H]13. The van der Waals surface area contributed by atoms with Gasteiger partial charge in [0.15, 0.2) is 5.72 Å². The molecule has 3 saturated heterocycles. The summed E-state index contributed by atoms with van der Waals surface area (Å²) < 4.78 is 33.2. The van der Waals surface area contributed by atoms with Crippen molar-refractivity contribution in [3.8, 4) is 0 Å². The topological polar surface area (TPSA) is 66.9 Å². The Labute approximate surface area is 142 Å². The number of carbonyl (C=O) groups is 1. The molecule has 0 unspecified atom stereocenters. The monoisotopic (exact) mass is 350 g/mol. The highest BCUT2D eigenvalue weighted by Gasteiger charge is 2.66. The van der Waals surface area contributed by atoms with Crippen LogP contribution in [0.2, 0.25) is 0 Å². The summed E-state index contributed by atoms with van der Waals surface area (Å²) in [5, 5.41) is -0.497. The number of sulfonamides is 1. The highest BCUT2D eigenvalue weighted by molar-refractivity contribution is 7.89. The van der Waals surface area contributed by atoms with Crippen molar-refractivity contribution in [2.75, 3.05) is 13.1 Å². The van der Waals surface area contributed by atoms with Crippen LogP contribution in [0.25, 0.3) is 0 Å². The summed E-state index contributed by atoms with van der Waals surface area (Å²) in [5.41, 5.74) is 0.234. The Hall–Kier alpha value is -1.44. The molecule has 1 amide bonds. The van der Waals surface area contributed by atoms with Gasteiger partial charge >= 0.3 is 0 Å². The first-order chi connectivity index (χ1) is 11.4. The molecule has 1 spiro atoms. The maximum absolute atomic E-state index is 12.7. The summed E-state index contributed by atoms with van der Waals surface area (Å²) >= 11 is 0. The molecule has 24 heavy (non-hydrogen) atoms. The van der Waals surface area contributed by atoms with Crippen molar-refractivity contribution < 1.29 is 17.9 Å². The van der Waals surface area contributed by atoms with Crippen LogP contribution in [0, 0.1) is 0 Å². The fourth-order valence-corrected chi connectivity index (χ4v) is 5.69. The molecule has 130 valence electrons. The lowest BCUT2D eigenvalue weighted by Crippen LogP contribution is -2.49. The molecule has 3 heterocycles. The molecule has 6 nitrogen and oxygen atoms in total. The molecule has 0 aliphatic carbocycles. The Bertz CT molecular complexity index is 764. The van der Waals surface area contributed by atoms with E-state index in [4.69, 9.17) is 4.74 Å². The zero-order valence-electron chi connectivity index (χ0n) is 13.9. The van der Waals surface area contributed by atoms with Crippen LogP contribution in [0.5, 0.6) is 0 Å². The van der Waals surface area contributed by atoms with Crippen LogP contribution < -0.4 is 0 Å². The van der Waals surface area contributed by atoms with E-state index < -0.39 is 27.0 Å². The molecule has 4 rings (SSSR count). The van der Waals surface area contributed by atoms with Gasteiger partial charge in [0.2, 0.25) is 15.9 Å². The molecule has 3 atom stereocenters. The summed E-state index contributed by atoms with van der Waals surface area (Å²) in [7, 11) is -3.41. The zero-order chi connectivity index (χ0) is 17.1. The smallest absolute Gasteiger partial charge is 0.226 e. The molecule has 7 heteroatoms. The fraction of sp³-hybridized carbons (Fsp3) is 0.588. The first kappa shape index (κ1) is 16.1. The molecule has 0 saturated carbocycles. The molecule has 1 aromatic rings. The molecule has 3 fully saturated rings. The molecule has 0 aromatic heterocycles. The summed E-state index contributed by atoms with van der Waals surface area (Å²) in [6.07, 6.45) is 0.561. The van der Waals surface area contributed by atoms with Crippen molar-refractivity contribution in [3.05, 3.63) is 35.9 Å². The number of hydrogen-bond donors (Lipinski definition) is 0. The van der Waals surface area contributed by atoms with Gasteiger partial charge in [-0.2, -0.15) is 4.31 Å². The van der Waals surface area contributed by atoms with Crippen molar-refractivity contribution in [1.82, 2.24) is 9.21 Å². The number of nitrogens with zero attached hydrogens (tertiary/aromatic N) is 2. The Kier molecular flexibility index (Phi) is 3.53. The van der Waals surface area contributed by atoms with E-state index in [2.05, 4.69) is 0 Å². The van der Waals surface area contributed by atoms with E-state index in [1.165, 1.54) is 4.31 Å². The maximum atomic E-state index is 12.7. The summed E-state index contributed by atoms with van der Waals surface area (Å²) in [4.78, 5) is 14.3. The highest BCUT2D eigenvalue weighted by atomic mass is 32.2. The predicted molar refractivity (Wildman–Crippen MR) is 88.5 cm³/mol. The third kappa shape index (κ3) is 2.08. The average molecular weight is 350 g/mol. The molecule has 0 radical (unpaired) electrons. The Morgan fingerprint density at radius 3 is 2.62 bits per heavy atom. The van der Waals surface area contributed by atoms with Gasteiger partial charge in [0.05, 0.1) is 17.8 Å². The van der Waals surface area contributed by atoms with Crippen LogP contribution in [0.4, 0.5) is 0 Å². The van der Waals surface area contributed by atoms with Gasteiger partial charge in [0.25, 0.3) is 0 Å². The van der Waals surface area contributed by atoms with Gasteiger partial charge < -0.3 is 9.64 Å². The van der Waals surface area contributed by atoms with E-state index in [-0.39, 0.29) is 18.4 Å². The standard InChI is InChI=1S/C17H22N2O4S/c1-12(2)24(21,22)19-9-8-17-15(19)10-16(20)18(17)11-14(23-17)13-6-4-3-5-7-13/h3-7,12,14-15H,8-11H2,1-2H3/t14-,15-,17+/m1/s1. The van der Waals surface area contributed by atoms with Crippen LogP contribution in [0.15, 0.2) is 30.3 Å². The minimum Gasteiger partial charge on any atom is -0.344 e. The van der Waals surface area contributed by atoms with Crippen LogP contribution in [0.3, 0.4) is 0 Å². The maximum Gasteiger partial charge on any atom is 0.226 e. The molecule has 3 aliphatic heterocycles. The molecule has 3 aliphatic rings. The predicted octanol–water partition coefficient (Wildman–Crippen LogP) is 1.50. The van der Waals surface area contributed by atoms with Crippen LogP contribution >= 0.6 is 0 Å². The molecular weight excluding hydrogens is 328 g/mol. The van der Waals surface area contributed by atoms with Crippen molar-refractivity contribution in [1.29, 1.82) is 0 Å². The largest absolute Gasteiger partial charge is 0.344 e. The Morgan fingerprint density at radius 2 is 1.96 bits per heavy atom. The number of amides is 1. The van der Waals surface area contributed by atoms with Gasteiger partial charge in [-0.15, -0.1) is 0 Å². The summed E-state index contributed by atoms with van der Waals surface area (Å²) in [5.74, 6) is -0.0120. The second kappa shape index (κ2) is 5.28. The summed E-state index contributed by atoms with van der Waals surface area (Å²) in [6, 6.07) is 9.40. The van der Waals surface area contributed by atoms with Crippen molar-refractivity contribution >= 4 is 15.9 Å². The Morgan fingerprint density at radius 1 is 1.25 bits per heavy atom. The van der Waals surface area contributed by atoms with E-state index in [1.807, 2.05) is 30.3 Å². The molecule has 1 aromatic carbocycles. The molecule has 0 N–H and O–H groups in total. The molecule has 0 bridgehead atoms. The highest BCUT2D eigenvalue weighted by Crippen LogP contribution is 2.51. The van der Waals surface area contributed by atoms with Crippen LogP contribution in [0.1, 0.15) is 38.4 Å². The van der Waals surface area contributed by atoms with Crippen molar-refractivity contribution in [2.24, 2.45) is 0 Å². The number of rotatable bonds is 3. The lowest BCUT2D eigenvalue weighted by molar-refractivity contribution is -0.138. The van der Waals surface area contributed by atoms with E-state index in [1.54, 1.807) is 18.7 Å². The first-order valence-corrected chi connectivity index (χ1v) is 9.90. The average Bonchev–Trinajstić information content (AvgIpc) is 3.17. The zero-order valence-corrected chi connectivity index (χ0v) is 14.7. The fourth-order valence-electron chi connectivity index (χ4n) is 4.20. The van der Waals surface area contributed by atoms with Crippen LogP contribution in [-0.2, 0) is 19.6 Å². The lowest BCUT2D eigenvalue weighted by Gasteiger charge is -2.32. The van der Waals surface area contributed by atoms with Crippen molar-refractivity contribution in [3.63, 3.8) is 0 Å². The van der Waals surface area contributed by atoms with E-state index in [9.17, 15) is 13.2 Å². The number of benzene rings is 1. The second-order valence-electron chi connectivity index (χ2n) is 7.04. The van der Waals surface area contributed by atoms with Gasteiger partial charge in [-0.25, -0.2) is 8.42 Å². The van der Waals surface area contributed by atoms with Gasteiger partial charge in [-0.3, -0.25) is 4.79 Å². The van der Waals surface area contributed by atoms with Gasteiger partial charge in [0.1, 0.15) is 6.10 Å². The second-order valence-corrected chi connectivity index (χ2v) is 9.48. The third-order valence-electron chi connectivity index (χ3n) is 5.47. The number of ether oxygens (including phenoxy) is 1. The quantitative estimate of drug-likeness (QED) is 0.829. The Balaban J connectivity index is 1.68. The normalized spacial score (nSPS) is 33.3. The summed E-state index contributed by atoms with van der Waals surface area (Å²) in [6.45, 7) is 4.26. The van der Waals surface area contributed by atoms with Gasteiger partial charge in [-0.05, 0) is 19.4 Å². The minimum absolute atomic E-state index is 0.0120. The van der Waals surface area contributed by atoms with Gasteiger partial charge in [0, 0.05) is 19.4 Å². The number of hydrogen-bond acceptors (Lipinski definition) is 4.